The van der Waals surface area contributed by atoms with Gasteiger partial charge in [-0.2, -0.15) is 0 Å². The third-order valence-electron chi connectivity index (χ3n) is 3.89. The molecule has 0 aliphatic heterocycles. The molecule has 2 heteroatoms. The van der Waals surface area contributed by atoms with Crippen molar-refractivity contribution in [3.05, 3.63) is 0 Å². The van der Waals surface area contributed by atoms with Gasteiger partial charge in [-0.3, -0.25) is 0 Å². The van der Waals surface area contributed by atoms with Crippen molar-refractivity contribution in [2.75, 3.05) is 27.2 Å². The summed E-state index contributed by atoms with van der Waals surface area (Å²) < 4.78 is 0. The second-order valence-electron chi connectivity index (χ2n) is 6.54. The van der Waals surface area contributed by atoms with E-state index in [0.29, 0.717) is 5.41 Å². The van der Waals surface area contributed by atoms with Crippen molar-refractivity contribution >= 4 is 0 Å². The van der Waals surface area contributed by atoms with Gasteiger partial charge in [0.25, 0.3) is 0 Å². The lowest BCUT2D eigenvalue weighted by Gasteiger charge is -2.36. The van der Waals surface area contributed by atoms with Crippen LogP contribution in [0.3, 0.4) is 0 Å². The maximum absolute atomic E-state index is 3.24. The van der Waals surface area contributed by atoms with Gasteiger partial charge in [0.1, 0.15) is 0 Å². The van der Waals surface area contributed by atoms with Crippen LogP contribution in [0, 0.1) is 5.41 Å². The highest BCUT2D eigenvalue weighted by molar-refractivity contribution is 4.79. The topological polar surface area (TPSA) is 15.3 Å². The third-order valence-corrected chi connectivity index (χ3v) is 3.89. The standard InChI is InChI=1S/C13H28N2.C3H8/c1-13(2,8-10-14-3)9-11-15(4)12-6-5-7-12;1-3-2/h12,14H,5-11H2,1-4H3;3H2,1-2H3. The average Bonchev–Trinajstić information content (AvgIpc) is 2.23. The van der Waals surface area contributed by atoms with Crippen LogP contribution in [0.5, 0.6) is 0 Å². The molecule has 110 valence electrons. The molecular formula is C16H36N2. The number of nitrogens with zero attached hydrogens (tertiary/aromatic N) is 1. The molecule has 0 saturated heterocycles. The number of rotatable bonds is 7. The largest absolute Gasteiger partial charge is 0.320 e. The Morgan fingerprint density at radius 1 is 1.17 bits per heavy atom. The zero-order valence-electron chi connectivity index (χ0n) is 13.7. The van der Waals surface area contributed by atoms with E-state index in [1.165, 1.54) is 45.1 Å². The Bertz CT molecular complexity index is 186. The first-order chi connectivity index (χ1) is 8.46. The van der Waals surface area contributed by atoms with Gasteiger partial charge < -0.3 is 10.2 Å². The number of hydrogen-bond donors (Lipinski definition) is 1. The van der Waals surface area contributed by atoms with Gasteiger partial charge in [0.05, 0.1) is 0 Å². The van der Waals surface area contributed by atoms with Crippen LogP contribution in [0.25, 0.3) is 0 Å². The van der Waals surface area contributed by atoms with Gasteiger partial charge in [0, 0.05) is 6.04 Å². The number of nitrogens with one attached hydrogen (secondary N) is 1. The van der Waals surface area contributed by atoms with E-state index in [9.17, 15) is 0 Å². The molecule has 0 unspecified atom stereocenters. The van der Waals surface area contributed by atoms with Gasteiger partial charge in [0.2, 0.25) is 0 Å². The summed E-state index contributed by atoms with van der Waals surface area (Å²) in [6.45, 7) is 11.4. The highest BCUT2D eigenvalue weighted by Crippen LogP contribution is 2.28. The SMILES string of the molecule is CCC.CNCCC(C)(C)CCN(C)C1CCC1. The van der Waals surface area contributed by atoms with Crippen LogP contribution >= 0.6 is 0 Å². The minimum atomic E-state index is 0.487. The highest BCUT2D eigenvalue weighted by Gasteiger charge is 2.24. The van der Waals surface area contributed by atoms with Crippen LogP contribution in [-0.4, -0.2) is 38.1 Å². The molecule has 1 rings (SSSR count). The fourth-order valence-electron chi connectivity index (χ4n) is 2.08. The Balaban J connectivity index is 0.000000873. The molecule has 1 aliphatic rings. The Kier molecular flexibility index (Phi) is 9.76. The Morgan fingerprint density at radius 2 is 1.72 bits per heavy atom. The quantitative estimate of drug-likeness (QED) is 0.743. The number of hydrogen-bond acceptors (Lipinski definition) is 2. The summed E-state index contributed by atoms with van der Waals surface area (Å²) in [7, 11) is 4.33. The molecule has 1 aliphatic carbocycles. The van der Waals surface area contributed by atoms with E-state index in [1.807, 2.05) is 7.05 Å². The van der Waals surface area contributed by atoms with Gasteiger partial charge in [0.15, 0.2) is 0 Å². The van der Waals surface area contributed by atoms with E-state index in [4.69, 9.17) is 0 Å². The molecule has 0 atom stereocenters. The van der Waals surface area contributed by atoms with E-state index < -0.39 is 0 Å². The minimum Gasteiger partial charge on any atom is -0.320 e. The zero-order chi connectivity index (χ0) is 14.0. The minimum absolute atomic E-state index is 0.487. The molecule has 2 nitrogen and oxygen atoms in total. The summed E-state index contributed by atoms with van der Waals surface area (Å²) in [6.07, 6.45) is 8.14. The molecule has 0 aromatic rings. The first-order valence-corrected chi connectivity index (χ1v) is 7.81. The molecule has 0 bridgehead atoms. The molecule has 18 heavy (non-hydrogen) atoms. The summed E-state index contributed by atoms with van der Waals surface area (Å²) in [5.74, 6) is 0. The Hall–Kier alpha value is -0.0800. The molecule has 0 aromatic carbocycles. The van der Waals surface area contributed by atoms with Crippen LogP contribution in [-0.2, 0) is 0 Å². The zero-order valence-corrected chi connectivity index (χ0v) is 13.7. The third kappa shape index (κ3) is 8.10. The van der Waals surface area contributed by atoms with Crippen LogP contribution < -0.4 is 5.32 Å². The van der Waals surface area contributed by atoms with Crippen molar-refractivity contribution in [1.82, 2.24) is 10.2 Å². The monoisotopic (exact) mass is 256 g/mol. The van der Waals surface area contributed by atoms with Crippen molar-refractivity contribution in [1.29, 1.82) is 0 Å². The fourth-order valence-corrected chi connectivity index (χ4v) is 2.08. The van der Waals surface area contributed by atoms with E-state index in [1.54, 1.807) is 0 Å². The molecule has 1 fully saturated rings. The van der Waals surface area contributed by atoms with E-state index in [0.717, 1.165) is 12.6 Å². The fraction of sp³-hybridized carbons (Fsp3) is 1.00. The lowest BCUT2D eigenvalue weighted by molar-refractivity contribution is 0.136. The lowest BCUT2D eigenvalue weighted by Crippen LogP contribution is -2.39. The molecule has 0 amide bonds. The van der Waals surface area contributed by atoms with Crippen LogP contribution in [0.4, 0.5) is 0 Å². The lowest BCUT2D eigenvalue weighted by atomic mass is 9.84. The summed E-state index contributed by atoms with van der Waals surface area (Å²) in [5, 5.41) is 3.24. The van der Waals surface area contributed by atoms with Crippen molar-refractivity contribution < 1.29 is 0 Å². The van der Waals surface area contributed by atoms with Gasteiger partial charge in [-0.25, -0.2) is 0 Å². The van der Waals surface area contributed by atoms with E-state index in [-0.39, 0.29) is 0 Å². The molecule has 0 spiro atoms. The molecule has 0 aromatic heterocycles. The van der Waals surface area contributed by atoms with Crippen molar-refractivity contribution in [3.8, 4) is 0 Å². The molecule has 1 saturated carbocycles. The highest BCUT2D eigenvalue weighted by atomic mass is 15.1. The van der Waals surface area contributed by atoms with Crippen molar-refractivity contribution in [2.24, 2.45) is 5.41 Å². The van der Waals surface area contributed by atoms with Gasteiger partial charge >= 0.3 is 0 Å². The Labute approximate surface area is 116 Å². The normalized spacial score (nSPS) is 16.2. The first-order valence-electron chi connectivity index (χ1n) is 7.81. The summed E-state index contributed by atoms with van der Waals surface area (Å²) >= 11 is 0. The van der Waals surface area contributed by atoms with Crippen LogP contribution in [0.15, 0.2) is 0 Å². The Morgan fingerprint density at radius 3 is 2.11 bits per heavy atom. The smallest absolute Gasteiger partial charge is 0.00922 e. The predicted molar refractivity (Wildman–Crippen MR) is 83.2 cm³/mol. The van der Waals surface area contributed by atoms with Gasteiger partial charge in [-0.1, -0.05) is 40.5 Å². The second-order valence-corrected chi connectivity index (χ2v) is 6.54. The summed E-state index contributed by atoms with van der Waals surface area (Å²) in [4.78, 5) is 2.56. The van der Waals surface area contributed by atoms with E-state index >= 15 is 0 Å². The molecular weight excluding hydrogens is 220 g/mol. The van der Waals surface area contributed by atoms with Crippen LogP contribution in [0.2, 0.25) is 0 Å². The molecule has 0 heterocycles. The summed E-state index contributed by atoms with van der Waals surface area (Å²) in [5.41, 5.74) is 0.487. The van der Waals surface area contributed by atoms with Crippen molar-refractivity contribution in [3.63, 3.8) is 0 Å². The second kappa shape index (κ2) is 9.80. The average molecular weight is 256 g/mol. The maximum Gasteiger partial charge on any atom is 0.00922 e. The van der Waals surface area contributed by atoms with Crippen LogP contribution in [0.1, 0.15) is 66.2 Å². The predicted octanol–water partition coefficient (Wildman–Crippen LogP) is 3.91. The van der Waals surface area contributed by atoms with E-state index in [2.05, 4.69) is 45.0 Å². The molecule has 1 N–H and O–H groups in total. The first kappa shape index (κ1) is 17.9. The van der Waals surface area contributed by atoms with Gasteiger partial charge in [-0.05, 0) is 58.3 Å². The molecule has 0 radical (unpaired) electrons. The maximum atomic E-state index is 3.24. The summed E-state index contributed by atoms with van der Waals surface area (Å²) in [6, 6.07) is 0.894. The van der Waals surface area contributed by atoms with Gasteiger partial charge in [-0.15, -0.1) is 0 Å². The van der Waals surface area contributed by atoms with Crippen molar-refractivity contribution in [2.45, 2.75) is 72.3 Å².